The highest BCUT2D eigenvalue weighted by atomic mass is 35.5. The lowest BCUT2D eigenvalue weighted by Gasteiger charge is -2.39. The van der Waals surface area contributed by atoms with Crippen molar-refractivity contribution in [1.29, 1.82) is 0 Å². The van der Waals surface area contributed by atoms with Gasteiger partial charge in [0, 0.05) is 31.0 Å². The van der Waals surface area contributed by atoms with Crippen LogP contribution in [-0.4, -0.2) is 39.8 Å². The summed E-state index contributed by atoms with van der Waals surface area (Å²) in [4.78, 5) is 10.7. The zero-order chi connectivity index (χ0) is 14.9. The van der Waals surface area contributed by atoms with Crippen LogP contribution in [0.5, 0.6) is 0 Å². The summed E-state index contributed by atoms with van der Waals surface area (Å²) in [5.41, 5.74) is 6.84. The molecule has 1 aliphatic heterocycles. The molecule has 1 aliphatic rings. The maximum atomic E-state index is 6.14. The monoisotopic (exact) mass is 306 g/mol. The molecule has 3 rings (SSSR count). The van der Waals surface area contributed by atoms with E-state index in [4.69, 9.17) is 17.3 Å². The van der Waals surface area contributed by atoms with Gasteiger partial charge in [0.25, 0.3) is 0 Å². The first-order chi connectivity index (χ1) is 10.1. The summed E-state index contributed by atoms with van der Waals surface area (Å²) in [5, 5.41) is 7.85. The molecule has 7 heteroatoms. The molecule has 0 spiro atoms. The molecule has 2 aromatic heterocycles. The number of nitrogens with one attached hydrogen (secondary N) is 1. The lowest BCUT2D eigenvalue weighted by atomic mass is 9.82. The molecule has 0 aliphatic carbocycles. The third-order valence-electron chi connectivity index (χ3n) is 4.06. The molecule has 6 nitrogen and oxygen atoms in total. The minimum atomic E-state index is 0.132. The van der Waals surface area contributed by atoms with Crippen LogP contribution in [0.2, 0.25) is 5.02 Å². The third kappa shape index (κ3) is 2.87. The summed E-state index contributed by atoms with van der Waals surface area (Å²) in [7, 11) is 0. The van der Waals surface area contributed by atoms with Crippen molar-refractivity contribution >= 4 is 17.5 Å². The van der Waals surface area contributed by atoms with Gasteiger partial charge in [-0.1, -0.05) is 18.5 Å². The minimum Gasteiger partial charge on any atom is -0.339 e. The van der Waals surface area contributed by atoms with Crippen LogP contribution in [0.4, 0.5) is 5.95 Å². The van der Waals surface area contributed by atoms with Gasteiger partial charge in [0.2, 0.25) is 5.95 Å². The third-order valence-corrected chi connectivity index (χ3v) is 4.36. The van der Waals surface area contributed by atoms with Crippen LogP contribution in [0.25, 0.3) is 11.4 Å². The summed E-state index contributed by atoms with van der Waals surface area (Å²) in [6.45, 7) is 4.73. The Kier molecular flexibility index (Phi) is 3.82. The summed E-state index contributed by atoms with van der Waals surface area (Å²) >= 11 is 6.14. The normalized spacial score (nSPS) is 22.5. The molecule has 2 aromatic rings. The number of H-pyrrole nitrogens is 1. The number of hydrogen-bond acceptors (Lipinski definition) is 5. The van der Waals surface area contributed by atoms with E-state index in [2.05, 4.69) is 32.0 Å². The van der Waals surface area contributed by atoms with Gasteiger partial charge in [0.15, 0.2) is 5.82 Å². The van der Waals surface area contributed by atoms with Crippen LogP contribution in [0.15, 0.2) is 18.5 Å². The molecule has 1 saturated heterocycles. The maximum absolute atomic E-state index is 6.14. The second kappa shape index (κ2) is 5.61. The SMILES string of the molecule is CC1(CN)CCCN(c2n[nH]c(-c3ccncc3Cl)n2)C1. The number of pyridine rings is 1. The molecule has 21 heavy (non-hydrogen) atoms. The molecule has 0 bridgehead atoms. The number of nitrogens with two attached hydrogens (primary N) is 1. The predicted octanol–water partition coefficient (Wildman–Crippen LogP) is 2.09. The zero-order valence-corrected chi connectivity index (χ0v) is 12.8. The molecule has 3 heterocycles. The Bertz CT molecular complexity index is 627. The highest BCUT2D eigenvalue weighted by Gasteiger charge is 2.31. The van der Waals surface area contributed by atoms with E-state index in [-0.39, 0.29) is 5.41 Å². The summed E-state index contributed by atoms with van der Waals surface area (Å²) in [5.74, 6) is 1.37. The first kappa shape index (κ1) is 14.3. The van der Waals surface area contributed by atoms with Crippen molar-refractivity contribution in [2.24, 2.45) is 11.1 Å². The lowest BCUT2D eigenvalue weighted by molar-refractivity contribution is 0.270. The van der Waals surface area contributed by atoms with Crippen molar-refractivity contribution in [3.8, 4) is 11.4 Å². The fourth-order valence-corrected chi connectivity index (χ4v) is 2.94. The highest BCUT2D eigenvalue weighted by molar-refractivity contribution is 6.33. The first-order valence-corrected chi connectivity index (χ1v) is 7.46. The van der Waals surface area contributed by atoms with Gasteiger partial charge in [0.1, 0.15) is 0 Å². The fourth-order valence-electron chi connectivity index (χ4n) is 2.73. The van der Waals surface area contributed by atoms with Gasteiger partial charge in [-0.15, -0.1) is 5.10 Å². The van der Waals surface area contributed by atoms with Crippen molar-refractivity contribution in [3.63, 3.8) is 0 Å². The molecular weight excluding hydrogens is 288 g/mol. The standard InChI is InChI=1S/C14H19ClN6/c1-14(8-16)4-2-6-21(9-14)13-18-12(19-20-13)10-3-5-17-7-11(10)15/h3,5,7H,2,4,6,8-9,16H2,1H3,(H,18,19,20). The molecule has 0 radical (unpaired) electrons. The molecule has 0 aromatic carbocycles. The molecule has 112 valence electrons. The number of anilines is 1. The summed E-state index contributed by atoms with van der Waals surface area (Å²) in [6, 6.07) is 1.83. The van der Waals surface area contributed by atoms with Gasteiger partial charge in [-0.05, 0) is 30.9 Å². The van der Waals surface area contributed by atoms with E-state index in [1.54, 1.807) is 12.4 Å². The highest BCUT2D eigenvalue weighted by Crippen LogP contribution is 2.31. The predicted molar refractivity (Wildman–Crippen MR) is 83.2 cm³/mol. The van der Waals surface area contributed by atoms with Crippen LogP contribution in [0.3, 0.4) is 0 Å². The molecule has 1 unspecified atom stereocenters. The molecular formula is C14H19ClN6. The Morgan fingerprint density at radius 1 is 1.52 bits per heavy atom. The lowest BCUT2D eigenvalue weighted by Crippen LogP contribution is -2.46. The maximum Gasteiger partial charge on any atom is 0.245 e. The van der Waals surface area contributed by atoms with E-state index in [1.165, 1.54) is 0 Å². The average Bonchev–Trinajstić information content (AvgIpc) is 2.97. The van der Waals surface area contributed by atoms with Gasteiger partial charge < -0.3 is 10.6 Å². The van der Waals surface area contributed by atoms with Crippen LogP contribution >= 0.6 is 11.6 Å². The Morgan fingerprint density at radius 2 is 2.38 bits per heavy atom. The number of rotatable bonds is 3. The van der Waals surface area contributed by atoms with E-state index >= 15 is 0 Å². The van der Waals surface area contributed by atoms with E-state index in [9.17, 15) is 0 Å². The zero-order valence-electron chi connectivity index (χ0n) is 12.0. The second-order valence-electron chi connectivity index (χ2n) is 5.88. The van der Waals surface area contributed by atoms with Crippen LogP contribution in [-0.2, 0) is 0 Å². The van der Waals surface area contributed by atoms with Gasteiger partial charge >= 0.3 is 0 Å². The summed E-state index contributed by atoms with van der Waals surface area (Å²) < 4.78 is 0. The molecule has 1 fully saturated rings. The van der Waals surface area contributed by atoms with Gasteiger partial charge in [-0.3, -0.25) is 10.1 Å². The van der Waals surface area contributed by atoms with Gasteiger partial charge in [-0.25, -0.2) is 0 Å². The second-order valence-corrected chi connectivity index (χ2v) is 6.29. The van der Waals surface area contributed by atoms with Crippen molar-refractivity contribution in [3.05, 3.63) is 23.5 Å². The molecule has 0 amide bonds. The Morgan fingerprint density at radius 3 is 3.14 bits per heavy atom. The number of piperidine rings is 1. The van der Waals surface area contributed by atoms with E-state index in [0.717, 1.165) is 31.5 Å². The fraction of sp³-hybridized carbons (Fsp3) is 0.500. The molecule has 1 atom stereocenters. The Labute approximate surface area is 128 Å². The van der Waals surface area contributed by atoms with Crippen molar-refractivity contribution in [2.75, 3.05) is 24.5 Å². The first-order valence-electron chi connectivity index (χ1n) is 7.09. The number of nitrogens with zero attached hydrogens (tertiary/aromatic N) is 4. The Hall–Kier alpha value is -1.66. The number of hydrogen-bond donors (Lipinski definition) is 2. The quantitative estimate of drug-likeness (QED) is 0.907. The van der Waals surface area contributed by atoms with E-state index in [1.807, 2.05) is 6.07 Å². The largest absolute Gasteiger partial charge is 0.339 e. The number of aromatic nitrogens is 4. The van der Waals surface area contributed by atoms with E-state index < -0.39 is 0 Å². The smallest absolute Gasteiger partial charge is 0.245 e. The molecule has 0 saturated carbocycles. The Balaban J connectivity index is 1.84. The number of halogens is 1. The minimum absolute atomic E-state index is 0.132. The summed E-state index contributed by atoms with van der Waals surface area (Å²) in [6.07, 6.45) is 5.54. The van der Waals surface area contributed by atoms with Gasteiger partial charge in [0.05, 0.1) is 5.02 Å². The number of aromatic amines is 1. The van der Waals surface area contributed by atoms with Crippen molar-refractivity contribution in [1.82, 2.24) is 20.2 Å². The van der Waals surface area contributed by atoms with Crippen LogP contribution in [0.1, 0.15) is 19.8 Å². The average molecular weight is 307 g/mol. The van der Waals surface area contributed by atoms with Crippen LogP contribution in [0, 0.1) is 5.41 Å². The van der Waals surface area contributed by atoms with Crippen molar-refractivity contribution < 1.29 is 0 Å². The van der Waals surface area contributed by atoms with Crippen LogP contribution < -0.4 is 10.6 Å². The van der Waals surface area contributed by atoms with Gasteiger partial charge in [-0.2, -0.15) is 4.98 Å². The van der Waals surface area contributed by atoms with Crippen molar-refractivity contribution in [2.45, 2.75) is 19.8 Å². The topological polar surface area (TPSA) is 83.7 Å². The molecule has 3 N–H and O–H groups in total. The van der Waals surface area contributed by atoms with E-state index in [0.29, 0.717) is 23.3 Å².